The maximum Gasteiger partial charge on any atom is 0.307 e. The molecule has 0 aromatic heterocycles. The van der Waals surface area contributed by atoms with Crippen LogP contribution in [0, 0.1) is 47.3 Å². The summed E-state index contributed by atoms with van der Waals surface area (Å²) < 4.78 is 0. The molecule has 0 spiro atoms. The summed E-state index contributed by atoms with van der Waals surface area (Å²) in [5.41, 5.74) is 3.08. The van der Waals surface area contributed by atoms with Gasteiger partial charge in [0.2, 0.25) is 5.91 Å². The fourth-order valence-electron chi connectivity index (χ4n) is 8.74. The average Bonchev–Trinajstić information content (AvgIpc) is 2.98. The van der Waals surface area contributed by atoms with Crippen LogP contribution in [0.2, 0.25) is 0 Å². The molecule has 0 saturated heterocycles. The van der Waals surface area contributed by atoms with Crippen molar-refractivity contribution in [1.29, 1.82) is 0 Å². The highest BCUT2D eigenvalue weighted by Crippen LogP contribution is 2.41. The Morgan fingerprint density at radius 1 is 0.659 bits per heavy atom. The number of carbonyl (C=O) groups excluding carboxylic acids is 1. The van der Waals surface area contributed by atoms with E-state index in [-0.39, 0.29) is 5.91 Å². The van der Waals surface area contributed by atoms with Crippen molar-refractivity contribution >= 4 is 11.9 Å². The molecular formula is C33H58N2O6. The van der Waals surface area contributed by atoms with Crippen LogP contribution in [0.5, 0.6) is 0 Å². The number of hydrogen-bond acceptors (Lipinski definition) is 6. The van der Waals surface area contributed by atoms with Crippen LogP contribution < -0.4 is 10.8 Å². The minimum atomic E-state index is -0.829. The molecule has 4 fully saturated rings. The van der Waals surface area contributed by atoms with E-state index in [0.717, 1.165) is 49.9 Å². The van der Waals surface area contributed by atoms with Crippen molar-refractivity contribution in [2.24, 2.45) is 47.3 Å². The molecule has 4 aliphatic carbocycles. The summed E-state index contributed by atoms with van der Waals surface area (Å²) in [6.45, 7) is 2.11. The number of nitrogens with one attached hydrogen (secondary N) is 2. The fraction of sp³-hybridized carbons (Fsp3) is 0.939. The zero-order chi connectivity index (χ0) is 28.9. The van der Waals surface area contributed by atoms with Gasteiger partial charge in [0, 0.05) is 13.1 Å². The van der Waals surface area contributed by atoms with E-state index in [1.54, 1.807) is 0 Å². The molecule has 8 nitrogen and oxygen atoms in total. The van der Waals surface area contributed by atoms with E-state index in [1.807, 2.05) is 0 Å². The van der Waals surface area contributed by atoms with Gasteiger partial charge in [0.05, 0.1) is 25.0 Å². The lowest BCUT2D eigenvalue weighted by atomic mass is 9.70. The normalized spacial score (nSPS) is 32.0. The molecule has 4 rings (SSSR count). The zero-order valence-electron chi connectivity index (χ0n) is 25.4. The molecule has 0 aromatic carbocycles. The van der Waals surface area contributed by atoms with E-state index in [9.17, 15) is 14.7 Å². The molecule has 41 heavy (non-hydrogen) atoms. The van der Waals surface area contributed by atoms with Crippen molar-refractivity contribution in [3.8, 4) is 0 Å². The Kier molecular flexibility index (Phi) is 14.2. The van der Waals surface area contributed by atoms with Crippen LogP contribution >= 0.6 is 0 Å². The van der Waals surface area contributed by atoms with E-state index in [0.29, 0.717) is 56.9 Å². The monoisotopic (exact) mass is 578 g/mol. The SMILES string of the molecule is O=C(O)C1CCC(CC2CCCCC2)CC1C(=O)NCCCNOCC1CC(CC2CCCCC2)CCC1COO. The number of carboxylic acids is 1. The van der Waals surface area contributed by atoms with Crippen molar-refractivity contribution in [2.45, 2.75) is 122 Å². The molecule has 0 aromatic rings. The van der Waals surface area contributed by atoms with Gasteiger partial charge in [0.25, 0.3) is 0 Å². The summed E-state index contributed by atoms with van der Waals surface area (Å²) in [5.74, 6) is 1.65. The molecule has 8 heteroatoms. The fourth-order valence-corrected chi connectivity index (χ4v) is 8.74. The summed E-state index contributed by atoms with van der Waals surface area (Å²) in [4.78, 5) is 35.4. The lowest BCUT2D eigenvalue weighted by Gasteiger charge is -2.37. The van der Waals surface area contributed by atoms with Gasteiger partial charge in [0.15, 0.2) is 0 Å². The van der Waals surface area contributed by atoms with Crippen LogP contribution in [0.3, 0.4) is 0 Å². The molecule has 0 radical (unpaired) electrons. The highest BCUT2D eigenvalue weighted by Gasteiger charge is 2.40. The molecule has 0 bridgehead atoms. The predicted molar refractivity (Wildman–Crippen MR) is 159 cm³/mol. The Balaban J connectivity index is 1.12. The maximum absolute atomic E-state index is 13.1. The lowest BCUT2D eigenvalue weighted by molar-refractivity contribution is -0.257. The largest absolute Gasteiger partial charge is 0.481 e. The molecule has 4 saturated carbocycles. The molecule has 4 aliphatic rings. The topological polar surface area (TPSA) is 117 Å². The maximum atomic E-state index is 13.1. The van der Waals surface area contributed by atoms with Gasteiger partial charge in [-0.05, 0) is 86.9 Å². The first-order valence-corrected chi connectivity index (χ1v) is 17.1. The Bertz CT molecular complexity index is 769. The van der Waals surface area contributed by atoms with Crippen molar-refractivity contribution in [1.82, 2.24) is 10.8 Å². The quantitative estimate of drug-likeness (QED) is 0.0983. The molecule has 6 atom stereocenters. The van der Waals surface area contributed by atoms with Crippen molar-refractivity contribution in [3.05, 3.63) is 0 Å². The molecule has 0 heterocycles. The van der Waals surface area contributed by atoms with Crippen molar-refractivity contribution in [3.63, 3.8) is 0 Å². The van der Waals surface area contributed by atoms with E-state index < -0.39 is 17.8 Å². The Hall–Kier alpha value is -1.22. The smallest absolute Gasteiger partial charge is 0.307 e. The summed E-state index contributed by atoms with van der Waals surface area (Å²) in [6, 6.07) is 0. The van der Waals surface area contributed by atoms with Crippen LogP contribution in [0.25, 0.3) is 0 Å². The number of carbonyl (C=O) groups is 2. The van der Waals surface area contributed by atoms with E-state index in [4.69, 9.17) is 10.1 Å². The third kappa shape index (κ3) is 10.8. The molecule has 4 N–H and O–H groups in total. The van der Waals surface area contributed by atoms with Gasteiger partial charge in [-0.3, -0.25) is 14.8 Å². The second kappa shape index (κ2) is 17.8. The number of hydrogen-bond donors (Lipinski definition) is 4. The summed E-state index contributed by atoms with van der Waals surface area (Å²) >= 11 is 0. The van der Waals surface area contributed by atoms with Crippen LogP contribution in [0.4, 0.5) is 0 Å². The van der Waals surface area contributed by atoms with Crippen LogP contribution in [0.1, 0.15) is 122 Å². The summed E-state index contributed by atoms with van der Waals surface area (Å²) in [7, 11) is 0. The standard InChI is InChI=1S/C33H58N2O6/c36-32(31-21-27(13-15-30(31)33(37)38)19-25-10-5-2-6-11-25)34-16-7-17-35-40-22-29-20-26(12-14-28(29)23-41-39)18-24-8-3-1-4-9-24/h24-31,35,39H,1-23H2,(H,34,36)(H,37,38). The molecule has 236 valence electrons. The second-order valence-electron chi connectivity index (χ2n) is 14.1. The van der Waals surface area contributed by atoms with Crippen LogP contribution in [-0.4, -0.2) is 48.5 Å². The summed E-state index contributed by atoms with van der Waals surface area (Å²) in [6.07, 6.45) is 22.4. The van der Waals surface area contributed by atoms with Gasteiger partial charge in [-0.15, -0.1) is 0 Å². The third-order valence-corrected chi connectivity index (χ3v) is 11.1. The highest BCUT2D eigenvalue weighted by molar-refractivity contribution is 5.84. The van der Waals surface area contributed by atoms with Gasteiger partial charge in [0.1, 0.15) is 0 Å². The first-order chi connectivity index (χ1) is 20.0. The van der Waals surface area contributed by atoms with Crippen LogP contribution in [-0.2, 0) is 19.3 Å². The van der Waals surface area contributed by atoms with Gasteiger partial charge >= 0.3 is 5.97 Å². The van der Waals surface area contributed by atoms with Crippen molar-refractivity contribution < 1.29 is 29.7 Å². The minimum absolute atomic E-state index is 0.0929. The third-order valence-electron chi connectivity index (χ3n) is 11.1. The second-order valence-corrected chi connectivity index (χ2v) is 14.1. The number of rotatable bonds is 15. The first-order valence-electron chi connectivity index (χ1n) is 17.1. The average molecular weight is 579 g/mol. The van der Waals surface area contributed by atoms with E-state index in [2.05, 4.69) is 15.7 Å². The first kappa shape index (κ1) is 32.7. The molecule has 0 aliphatic heterocycles. The predicted octanol–water partition coefficient (Wildman–Crippen LogP) is 6.59. The van der Waals surface area contributed by atoms with Gasteiger partial charge < -0.3 is 15.3 Å². The number of hydroxylamine groups is 1. The number of carboxylic acid groups (broad SMARTS) is 1. The van der Waals surface area contributed by atoms with Gasteiger partial charge in [-0.25, -0.2) is 10.4 Å². The van der Waals surface area contributed by atoms with Crippen molar-refractivity contribution in [2.75, 3.05) is 26.3 Å². The van der Waals surface area contributed by atoms with Gasteiger partial charge in [-0.2, -0.15) is 0 Å². The van der Waals surface area contributed by atoms with Gasteiger partial charge in [-0.1, -0.05) is 70.6 Å². The summed E-state index contributed by atoms with van der Waals surface area (Å²) in [5, 5.41) is 21.9. The molecule has 6 unspecified atom stereocenters. The van der Waals surface area contributed by atoms with Crippen LogP contribution in [0.15, 0.2) is 0 Å². The van der Waals surface area contributed by atoms with E-state index in [1.165, 1.54) is 77.0 Å². The minimum Gasteiger partial charge on any atom is -0.481 e. The lowest BCUT2D eigenvalue weighted by Crippen LogP contribution is -2.42. The number of amides is 1. The molecular weight excluding hydrogens is 520 g/mol. The highest BCUT2D eigenvalue weighted by atomic mass is 17.1. The Morgan fingerprint density at radius 3 is 1.93 bits per heavy atom. The zero-order valence-corrected chi connectivity index (χ0v) is 25.4. The Morgan fingerprint density at radius 2 is 1.29 bits per heavy atom. The Labute approximate surface area is 248 Å². The number of aliphatic carboxylic acids is 1. The van der Waals surface area contributed by atoms with E-state index >= 15 is 0 Å². The molecule has 1 amide bonds.